The third kappa shape index (κ3) is 2.50. The van der Waals surface area contributed by atoms with Crippen LogP contribution in [0.25, 0.3) is 0 Å². The molecule has 0 spiro atoms. The summed E-state index contributed by atoms with van der Waals surface area (Å²) in [5, 5.41) is 13.4. The van der Waals surface area contributed by atoms with Gasteiger partial charge in [-0.3, -0.25) is 4.68 Å². The molecule has 86 valence electrons. The molecule has 1 aromatic heterocycles. The van der Waals surface area contributed by atoms with Gasteiger partial charge in [-0.15, -0.1) is 5.10 Å². The van der Waals surface area contributed by atoms with Crippen LogP contribution in [0.1, 0.15) is 38.1 Å². The first-order valence-electron chi connectivity index (χ1n) is 5.30. The zero-order valence-corrected chi connectivity index (χ0v) is 10.1. The number of aromatic nitrogens is 2. The second kappa shape index (κ2) is 4.66. The Morgan fingerprint density at radius 2 is 1.93 bits per heavy atom. The molecule has 1 rings (SSSR count). The number of hydrogen-bond donors (Lipinski definition) is 1. The Hall–Kier alpha value is -1.03. The number of nitrogens with zero attached hydrogens (tertiary/aromatic N) is 2. The molecule has 0 saturated heterocycles. The SMILES string of the molecule is Cc1c(OC(C)C)nn([C@H](C)CO)c1C. The Kier molecular flexibility index (Phi) is 3.74. The molecule has 0 saturated carbocycles. The highest BCUT2D eigenvalue weighted by atomic mass is 16.5. The van der Waals surface area contributed by atoms with E-state index in [9.17, 15) is 0 Å². The predicted molar refractivity (Wildman–Crippen MR) is 59.3 cm³/mol. The van der Waals surface area contributed by atoms with Gasteiger partial charge in [-0.2, -0.15) is 0 Å². The second-order valence-electron chi connectivity index (χ2n) is 4.16. The van der Waals surface area contributed by atoms with Crippen LogP contribution in [0.2, 0.25) is 0 Å². The molecule has 15 heavy (non-hydrogen) atoms. The van der Waals surface area contributed by atoms with Crippen molar-refractivity contribution in [3.63, 3.8) is 0 Å². The Morgan fingerprint density at radius 3 is 2.40 bits per heavy atom. The molecule has 0 radical (unpaired) electrons. The van der Waals surface area contributed by atoms with Gasteiger partial charge in [0.05, 0.1) is 18.8 Å². The van der Waals surface area contributed by atoms with E-state index in [0.717, 1.165) is 11.3 Å². The minimum atomic E-state index is -0.00628. The van der Waals surface area contributed by atoms with Gasteiger partial charge in [0.15, 0.2) is 0 Å². The van der Waals surface area contributed by atoms with E-state index < -0.39 is 0 Å². The molecule has 1 aromatic rings. The molecule has 0 aliphatic rings. The molecule has 1 heterocycles. The smallest absolute Gasteiger partial charge is 0.236 e. The first kappa shape index (κ1) is 12.0. The van der Waals surface area contributed by atoms with Crippen molar-refractivity contribution >= 4 is 0 Å². The summed E-state index contributed by atoms with van der Waals surface area (Å²) in [6, 6.07) is -0.00628. The van der Waals surface area contributed by atoms with Crippen LogP contribution in [0.15, 0.2) is 0 Å². The van der Waals surface area contributed by atoms with Crippen molar-refractivity contribution in [2.75, 3.05) is 6.61 Å². The molecule has 4 heteroatoms. The lowest BCUT2D eigenvalue weighted by Gasteiger charge is -2.10. The molecule has 1 atom stereocenters. The summed E-state index contributed by atoms with van der Waals surface area (Å²) >= 11 is 0. The monoisotopic (exact) mass is 212 g/mol. The van der Waals surface area contributed by atoms with E-state index >= 15 is 0 Å². The van der Waals surface area contributed by atoms with E-state index in [-0.39, 0.29) is 18.8 Å². The zero-order chi connectivity index (χ0) is 11.6. The van der Waals surface area contributed by atoms with Crippen molar-refractivity contribution in [3.05, 3.63) is 11.3 Å². The maximum absolute atomic E-state index is 9.09. The van der Waals surface area contributed by atoms with Gasteiger partial charge in [0.2, 0.25) is 5.88 Å². The molecule has 0 bridgehead atoms. The molecular formula is C11H20N2O2. The first-order valence-corrected chi connectivity index (χ1v) is 5.30. The summed E-state index contributed by atoms with van der Waals surface area (Å²) in [5.74, 6) is 0.669. The molecule has 0 aromatic carbocycles. The Morgan fingerprint density at radius 1 is 1.33 bits per heavy atom. The lowest BCUT2D eigenvalue weighted by molar-refractivity contribution is 0.211. The van der Waals surface area contributed by atoms with Gasteiger partial charge in [0, 0.05) is 11.3 Å². The number of ether oxygens (including phenoxy) is 1. The quantitative estimate of drug-likeness (QED) is 0.828. The largest absolute Gasteiger partial charge is 0.474 e. The average molecular weight is 212 g/mol. The maximum atomic E-state index is 9.09. The summed E-state index contributed by atoms with van der Waals surface area (Å²) in [6.07, 6.45) is 0.121. The van der Waals surface area contributed by atoms with Crippen LogP contribution in [0.5, 0.6) is 5.88 Å². The van der Waals surface area contributed by atoms with Gasteiger partial charge >= 0.3 is 0 Å². The maximum Gasteiger partial charge on any atom is 0.236 e. The molecule has 0 amide bonds. The topological polar surface area (TPSA) is 47.3 Å². The highest BCUT2D eigenvalue weighted by Gasteiger charge is 2.16. The van der Waals surface area contributed by atoms with Gasteiger partial charge in [0.1, 0.15) is 0 Å². The van der Waals surface area contributed by atoms with E-state index in [0.29, 0.717) is 5.88 Å². The molecule has 0 fully saturated rings. The molecule has 0 aliphatic heterocycles. The predicted octanol–water partition coefficient (Wildman–Crippen LogP) is 1.84. The molecule has 4 nitrogen and oxygen atoms in total. The van der Waals surface area contributed by atoms with Crippen LogP contribution in [-0.2, 0) is 0 Å². The summed E-state index contributed by atoms with van der Waals surface area (Å²) < 4.78 is 7.40. The van der Waals surface area contributed by atoms with Gasteiger partial charge in [-0.1, -0.05) is 0 Å². The summed E-state index contributed by atoms with van der Waals surface area (Å²) in [4.78, 5) is 0. The summed E-state index contributed by atoms with van der Waals surface area (Å²) in [7, 11) is 0. The van der Waals surface area contributed by atoms with E-state index in [1.54, 1.807) is 0 Å². The van der Waals surface area contributed by atoms with Crippen molar-refractivity contribution in [2.24, 2.45) is 0 Å². The standard InChI is InChI=1S/C11H20N2O2/c1-7(2)15-11-9(4)10(5)13(12-11)8(3)6-14/h7-8,14H,6H2,1-5H3/t8-/m1/s1. The highest BCUT2D eigenvalue weighted by Crippen LogP contribution is 2.23. The fraction of sp³-hybridized carbons (Fsp3) is 0.727. The van der Waals surface area contributed by atoms with Gasteiger partial charge < -0.3 is 9.84 Å². The van der Waals surface area contributed by atoms with Crippen LogP contribution in [0, 0.1) is 13.8 Å². The number of rotatable bonds is 4. The number of aliphatic hydroxyl groups is 1. The Balaban J connectivity index is 3.01. The van der Waals surface area contributed by atoms with E-state index in [1.807, 2.05) is 39.3 Å². The number of aliphatic hydroxyl groups excluding tert-OH is 1. The zero-order valence-electron chi connectivity index (χ0n) is 10.1. The molecule has 1 N–H and O–H groups in total. The highest BCUT2D eigenvalue weighted by molar-refractivity contribution is 5.29. The van der Waals surface area contributed by atoms with Crippen molar-refractivity contribution in [3.8, 4) is 5.88 Å². The van der Waals surface area contributed by atoms with Crippen LogP contribution < -0.4 is 4.74 Å². The third-order valence-electron chi connectivity index (χ3n) is 2.43. The fourth-order valence-electron chi connectivity index (χ4n) is 1.42. The molecule has 0 aliphatic carbocycles. The minimum absolute atomic E-state index is 0.00628. The van der Waals surface area contributed by atoms with E-state index in [4.69, 9.17) is 9.84 Å². The first-order chi connectivity index (χ1) is 6.97. The lowest BCUT2D eigenvalue weighted by Crippen LogP contribution is -2.13. The molecular weight excluding hydrogens is 192 g/mol. The van der Waals surface area contributed by atoms with Crippen LogP contribution in [-0.4, -0.2) is 27.6 Å². The van der Waals surface area contributed by atoms with E-state index in [2.05, 4.69) is 5.10 Å². The van der Waals surface area contributed by atoms with Gasteiger partial charge in [0.25, 0.3) is 0 Å². The van der Waals surface area contributed by atoms with Gasteiger partial charge in [-0.05, 0) is 34.6 Å². The Bertz CT molecular complexity index is 332. The lowest BCUT2D eigenvalue weighted by atomic mass is 10.2. The minimum Gasteiger partial charge on any atom is -0.474 e. The van der Waals surface area contributed by atoms with Gasteiger partial charge in [-0.25, -0.2) is 0 Å². The van der Waals surface area contributed by atoms with Crippen molar-refractivity contribution in [2.45, 2.75) is 46.8 Å². The average Bonchev–Trinajstić information content (AvgIpc) is 2.44. The normalized spacial score (nSPS) is 13.3. The molecule has 0 unspecified atom stereocenters. The summed E-state index contributed by atoms with van der Waals surface area (Å²) in [5.41, 5.74) is 2.09. The second-order valence-corrected chi connectivity index (χ2v) is 4.16. The van der Waals surface area contributed by atoms with Crippen molar-refractivity contribution in [1.29, 1.82) is 0 Å². The Labute approximate surface area is 90.9 Å². The van der Waals surface area contributed by atoms with E-state index in [1.165, 1.54) is 0 Å². The van der Waals surface area contributed by atoms with Crippen LogP contribution in [0.4, 0.5) is 0 Å². The summed E-state index contributed by atoms with van der Waals surface area (Å²) in [6.45, 7) is 9.94. The third-order valence-corrected chi connectivity index (χ3v) is 2.43. The van der Waals surface area contributed by atoms with Crippen LogP contribution in [0.3, 0.4) is 0 Å². The fourth-order valence-corrected chi connectivity index (χ4v) is 1.42. The number of hydrogen-bond acceptors (Lipinski definition) is 3. The van der Waals surface area contributed by atoms with Crippen molar-refractivity contribution < 1.29 is 9.84 Å². The van der Waals surface area contributed by atoms with Crippen LogP contribution >= 0.6 is 0 Å². The van der Waals surface area contributed by atoms with Crippen molar-refractivity contribution in [1.82, 2.24) is 9.78 Å².